The van der Waals surface area contributed by atoms with Crippen LogP contribution in [0.3, 0.4) is 0 Å². The maximum Gasteiger partial charge on any atom is 0.0540 e. The lowest BCUT2D eigenvalue weighted by atomic mass is 9.74. The van der Waals surface area contributed by atoms with Gasteiger partial charge in [0.15, 0.2) is 0 Å². The van der Waals surface area contributed by atoms with Crippen molar-refractivity contribution in [2.45, 2.75) is 32.1 Å². The first-order valence-corrected chi connectivity index (χ1v) is 16.9. The number of anilines is 3. The highest BCUT2D eigenvalue weighted by molar-refractivity contribution is 7.26. The van der Waals surface area contributed by atoms with Crippen LogP contribution in [0.25, 0.3) is 52.8 Å². The van der Waals surface area contributed by atoms with Crippen molar-refractivity contribution in [2.24, 2.45) is 0 Å². The summed E-state index contributed by atoms with van der Waals surface area (Å²) in [7, 11) is 0. The van der Waals surface area contributed by atoms with Gasteiger partial charge in [0.1, 0.15) is 0 Å². The topological polar surface area (TPSA) is 3.24 Å². The summed E-state index contributed by atoms with van der Waals surface area (Å²) >= 11 is 1.90. The highest BCUT2D eigenvalue weighted by atomic mass is 32.1. The fourth-order valence-corrected chi connectivity index (χ4v) is 9.35. The Kier molecular flexibility index (Phi) is 5.92. The fraction of sp³-hybridized carbons (Fsp3) is 0.116. The van der Waals surface area contributed by atoms with Crippen molar-refractivity contribution in [1.82, 2.24) is 0 Å². The number of rotatable bonds is 5. The van der Waals surface area contributed by atoms with E-state index in [-0.39, 0.29) is 5.41 Å². The molecule has 0 spiro atoms. The Bertz CT molecular complexity index is 2420. The maximum atomic E-state index is 2.52. The van der Waals surface area contributed by atoms with Gasteiger partial charge in [0.05, 0.1) is 11.4 Å². The Morgan fingerprint density at radius 1 is 0.511 bits per heavy atom. The summed E-state index contributed by atoms with van der Waals surface area (Å²) in [6.45, 7) is 4.71. The molecule has 0 bridgehead atoms. The summed E-state index contributed by atoms with van der Waals surface area (Å²) < 4.78 is 2.69. The van der Waals surface area contributed by atoms with Gasteiger partial charge < -0.3 is 4.90 Å². The Balaban J connectivity index is 1.35. The van der Waals surface area contributed by atoms with Crippen molar-refractivity contribution >= 4 is 70.1 Å². The zero-order chi connectivity index (χ0) is 30.1. The van der Waals surface area contributed by atoms with Gasteiger partial charge in [0.2, 0.25) is 0 Å². The van der Waals surface area contributed by atoms with E-state index in [2.05, 4.69) is 158 Å². The summed E-state index contributed by atoms with van der Waals surface area (Å²) in [5, 5.41) is 7.75. The minimum Gasteiger partial charge on any atom is -0.309 e. The molecule has 216 valence electrons. The molecular weight excluding hydrogens is 563 g/mol. The molecule has 0 radical (unpaired) electrons. The maximum absolute atomic E-state index is 2.52. The lowest BCUT2D eigenvalue weighted by molar-refractivity contribution is 0.490. The van der Waals surface area contributed by atoms with Crippen LogP contribution in [-0.4, -0.2) is 0 Å². The van der Waals surface area contributed by atoms with E-state index in [1.165, 1.54) is 81.0 Å². The molecule has 2 heteroatoms. The van der Waals surface area contributed by atoms with Gasteiger partial charge in [0, 0.05) is 47.4 Å². The second-order valence-corrected chi connectivity index (χ2v) is 13.4. The number of benzene rings is 7. The molecule has 1 aromatic heterocycles. The molecule has 0 saturated carbocycles. The summed E-state index contributed by atoms with van der Waals surface area (Å²) in [6.07, 6.45) is 2.15. The van der Waals surface area contributed by atoms with Gasteiger partial charge in [-0.2, -0.15) is 0 Å². The van der Waals surface area contributed by atoms with Crippen LogP contribution < -0.4 is 4.90 Å². The number of nitrogens with zero attached hydrogens (tertiary/aromatic N) is 1. The van der Waals surface area contributed by atoms with Crippen molar-refractivity contribution in [1.29, 1.82) is 0 Å². The molecule has 0 fully saturated rings. The van der Waals surface area contributed by atoms with Crippen LogP contribution in [0.5, 0.6) is 0 Å². The van der Waals surface area contributed by atoms with Crippen molar-refractivity contribution in [3.8, 4) is 11.1 Å². The Morgan fingerprint density at radius 2 is 1.13 bits per heavy atom. The molecule has 1 nitrogen and oxygen atoms in total. The third kappa shape index (κ3) is 3.73. The average molecular weight is 596 g/mol. The van der Waals surface area contributed by atoms with Crippen LogP contribution in [0.1, 0.15) is 37.8 Å². The molecule has 0 atom stereocenters. The van der Waals surface area contributed by atoms with Gasteiger partial charge in [-0.25, -0.2) is 0 Å². The van der Waals surface area contributed by atoms with Gasteiger partial charge in [-0.05, 0) is 70.8 Å². The van der Waals surface area contributed by atoms with E-state index in [4.69, 9.17) is 0 Å². The number of fused-ring (bicyclic) bond motifs is 9. The van der Waals surface area contributed by atoms with Gasteiger partial charge in [-0.15, -0.1) is 11.3 Å². The first kappa shape index (κ1) is 26.5. The molecule has 7 aromatic carbocycles. The van der Waals surface area contributed by atoms with Crippen LogP contribution in [0, 0.1) is 0 Å². The Hall–Kier alpha value is -4.92. The minimum absolute atomic E-state index is 0.00829. The SMILES string of the molecule is CCC1(CC)c2ccccc2-c2ccc(N(c3cccc4ccccc34)c3cccc4c3ccc3c5ccccc5sc43)cc21. The number of thiophene rings is 1. The monoisotopic (exact) mass is 595 g/mol. The predicted molar refractivity (Wildman–Crippen MR) is 196 cm³/mol. The molecule has 1 aliphatic rings. The molecule has 8 aromatic rings. The minimum atomic E-state index is 0.00829. The van der Waals surface area contributed by atoms with Gasteiger partial charge in [-0.3, -0.25) is 0 Å². The predicted octanol–water partition coefficient (Wildman–Crippen LogP) is 12.9. The van der Waals surface area contributed by atoms with Crippen LogP contribution >= 0.6 is 11.3 Å². The number of hydrogen-bond acceptors (Lipinski definition) is 2. The van der Waals surface area contributed by atoms with Gasteiger partial charge in [0.25, 0.3) is 0 Å². The van der Waals surface area contributed by atoms with Crippen LogP contribution in [-0.2, 0) is 5.41 Å². The lowest BCUT2D eigenvalue weighted by Gasteiger charge is -2.32. The molecule has 1 aliphatic carbocycles. The third-order valence-electron chi connectivity index (χ3n) is 10.3. The molecule has 1 heterocycles. The third-order valence-corrected chi connectivity index (χ3v) is 11.6. The van der Waals surface area contributed by atoms with Crippen molar-refractivity contribution in [3.05, 3.63) is 151 Å². The van der Waals surface area contributed by atoms with E-state index >= 15 is 0 Å². The van der Waals surface area contributed by atoms with E-state index in [0.29, 0.717) is 0 Å². The molecule has 45 heavy (non-hydrogen) atoms. The van der Waals surface area contributed by atoms with Crippen molar-refractivity contribution in [3.63, 3.8) is 0 Å². The highest BCUT2D eigenvalue weighted by Crippen LogP contribution is 2.54. The molecule has 0 N–H and O–H groups in total. The summed E-state index contributed by atoms with van der Waals surface area (Å²) in [4.78, 5) is 2.52. The van der Waals surface area contributed by atoms with E-state index in [9.17, 15) is 0 Å². The molecule has 0 amide bonds. The smallest absolute Gasteiger partial charge is 0.0540 e. The fourth-order valence-electron chi connectivity index (χ4n) is 8.12. The quantitative estimate of drug-likeness (QED) is 0.191. The van der Waals surface area contributed by atoms with Crippen LogP contribution in [0.2, 0.25) is 0 Å². The summed E-state index contributed by atoms with van der Waals surface area (Å²) in [5.74, 6) is 0. The van der Waals surface area contributed by atoms with E-state index in [1.807, 2.05) is 11.3 Å². The molecule has 0 unspecified atom stereocenters. The molecule has 0 saturated heterocycles. The average Bonchev–Trinajstić information content (AvgIpc) is 3.62. The Labute approximate surface area is 268 Å². The van der Waals surface area contributed by atoms with Crippen molar-refractivity contribution < 1.29 is 0 Å². The second kappa shape index (κ2) is 10.1. The lowest BCUT2D eigenvalue weighted by Crippen LogP contribution is -2.23. The van der Waals surface area contributed by atoms with E-state index < -0.39 is 0 Å². The Morgan fingerprint density at radius 3 is 2.00 bits per heavy atom. The van der Waals surface area contributed by atoms with Gasteiger partial charge >= 0.3 is 0 Å². The molecule has 9 rings (SSSR count). The van der Waals surface area contributed by atoms with Crippen LogP contribution in [0.4, 0.5) is 17.1 Å². The van der Waals surface area contributed by atoms with E-state index in [1.54, 1.807) is 0 Å². The first-order valence-electron chi connectivity index (χ1n) is 16.1. The largest absolute Gasteiger partial charge is 0.309 e. The summed E-state index contributed by atoms with van der Waals surface area (Å²) in [5.41, 5.74) is 9.29. The zero-order valence-electron chi connectivity index (χ0n) is 25.5. The second-order valence-electron chi connectivity index (χ2n) is 12.3. The van der Waals surface area contributed by atoms with Crippen molar-refractivity contribution in [2.75, 3.05) is 4.90 Å². The number of hydrogen-bond donors (Lipinski definition) is 0. The standard InChI is InChI=1S/C43H33NS/c1-3-43(4-2)37-19-9-7-16-31(37)32-24-23-29(27-38(32)43)44(39-20-11-14-28-13-5-6-15-30(28)39)40-21-12-18-35-33(40)25-26-36-34-17-8-10-22-41(34)45-42(35)36/h5-27H,3-4H2,1-2H3. The molecule has 0 aliphatic heterocycles. The van der Waals surface area contributed by atoms with Gasteiger partial charge in [-0.1, -0.05) is 123 Å². The molecular formula is C43H33NS. The van der Waals surface area contributed by atoms with E-state index in [0.717, 1.165) is 12.8 Å². The summed E-state index contributed by atoms with van der Waals surface area (Å²) in [6, 6.07) is 52.1. The first-order chi connectivity index (χ1) is 22.2. The highest BCUT2D eigenvalue weighted by Gasteiger charge is 2.40. The normalized spacial score (nSPS) is 13.5. The zero-order valence-corrected chi connectivity index (χ0v) is 26.4. The van der Waals surface area contributed by atoms with Crippen LogP contribution in [0.15, 0.2) is 140 Å².